The lowest BCUT2D eigenvalue weighted by atomic mass is 10.2. The van der Waals surface area contributed by atoms with Crippen LogP contribution in [0.4, 0.5) is 0 Å². The summed E-state index contributed by atoms with van der Waals surface area (Å²) in [6.07, 6.45) is 0. The molecule has 0 saturated heterocycles. The van der Waals surface area contributed by atoms with Crippen LogP contribution in [-0.2, 0) is 4.74 Å². The lowest BCUT2D eigenvalue weighted by Gasteiger charge is -1.99. The summed E-state index contributed by atoms with van der Waals surface area (Å²) in [5.74, 6) is -0.397. The molecule has 2 rings (SSSR count). The number of rotatable bonds is 2. The minimum Gasteiger partial charge on any atom is -0.461 e. The number of carbonyl (C=O) groups is 1. The molecule has 0 fully saturated rings. The maximum Gasteiger partial charge on any atom is 0.354 e. The largest absolute Gasteiger partial charge is 0.461 e. The van der Waals surface area contributed by atoms with Crippen molar-refractivity contribution in [2.24, 2.45) is 0 Å². The van der Waals surface area contributed by atoms with Crippen LogP contribution in [0.1, 0.15) is 17.4 Å². The van der Waals surface area contributed by atoms with Gasteiger partial charge in [-0.2, -0.15) is 0 Å². The number of carbonyl (C=O) groups excluding carboxylic acids is 1. The third-order valence-corrected chi connectivity index (χ3v) is 4.30. The normalized spacial score (nSPS) is 10.8. The summed E-state index contributed by atoms with van der Waals surface area (Å²) in [4.78, 5) is 14.5. The number of ether oxygens (including phenoxy) is 1. The van der Waals surface area contributed by atoms with Crippen LogP contribution in [0, 0.1) is 3.57 Å². The fraction of sp³-hybridized carbons (Fsp3) is 0.182. The number of nitrogens with one attached hydrogen (secondary N) is 1. The van der Waals surface area contributed by atoms with E-state index in [1.54, 1.807) is 13.0 Å². The summed E-state index contributed by atoms with van der Waals surface area (Å²) in [7, 11) is 0. The standard InChI is InChI=1S/C11H8Cl2INO2/c1-2-17-11(16)8-3-5-7(15-8)4-6(14)10(13)9(5)12/h3-4,15H,2H2,1H3. The van der Waals surface area contributed by atoms with Gasteiger partial charge in [-0.1, -0.05) is 23.2 Å². The Bertz CT molecular complexity index is 595. The topological polar surface area (TPSA) is 42.1 Å². The highest BCUT2D eigenvalue weighted by molar-refractivity contribution is 14.1. The molecule has 0 radical (unpaired) electrons. The van der Waals surface area contributed by atoms with Crippen LogP contribution < -0.4 is 0 Å². The summed E-state index contributed by atoms with van der Waals surface area (Å²) in [5.41, 5.74) is 1.15. The van der Waals surface area contributed by atoms with E-state index in [1.807, 2.05) is 6.07 Å². The molecule has 0 saturated carbocycles. The van der Waals surface area contributed by atoms with Crippen LogP contribution in [0.15, 0.2) is 12.1 Å². The zero-order valence-corrected chi connectivity index (χ0v) is 12.5. The fourth-order valence-electron chi connectivity index (χ4n) is 1.50. The second-order valence-electron chi connectivity index (χ2n) is 3.35. The molecular weight excluding hydrogens is 376 g/mol. The number of fused-ring (bicyclic) bond motifs is 1. The Labute approximate surface area is 122 Å². The zero-order valence-electron chi connectivity index (χ0n) is 8.81. The van der Waals surface area contributed by atoms with Crippen molar-refractivity contribution >= 4 is 62.7 Å². The molecule has 1 N–H and O–H groups in total. The first kappa shape index (κ1) is 13.0. The number of hydrogen-bond donors (Lipinski definition) is 1. The SMILES string of the molecule is CCOC(=O)c1cc2c(Cl)c(Cl)c(I)cc2[nH]1. The predicted molar refractivity (Wildman–Crippen MR) is 77.0 cm³/mol. The highest BCUT2D eigenvalue weighted by atomic mass is 127. The number of halogens is 3. The molecular formula is C11H8Cl2INO2. The Morgan fingerprint density at radius 3 is 2.76 bits per heavy atom. The molecule has 90 valence electrons. The molecule has 1 aromatic carbocycles. The van der Waals surface area contributed by atoms with Crippen LogP contribution in [0.5, 0.6) is 0 Å². The van der Waals surface area contributed by atoms with Crippen LogP contribution in [0.25, 0.3) is 10.9 Å². The average Bonchev–Trinajstić information content (AvgIpc) is 2.70. The maximum atomic E-state index is 11.6. The Morgan fingerprint density at radius 1 is 1.41 bits per heavy atom. The quantitative estimate of drug-likeness (QED) is 0.478. The van der Waals surface area contributed by atoms with Crippen LogP contribution in [0.3, 0.4) is 0 Å². The van der Waals surface area contributed by atoms with Gasteiger partial charge in [0.05, 0.1) is 16.7 Å². The van der Waals surface area contributed by atoms with Gasteiger partial charge in [-0.05, 0) is 41.6 Å². The molecule has 0 atom stereocenters. The van der Waals surface area contributed by atoms with Crippen molar-refractivity contribution in [1.82, 2.24) is 4.98 Å². The van der Waals surface area contributed by atoms with E-state index >= 15 is 0 Å². The molecule has 0 amide bonds. The van der Waals surface area contributed by atoms with Gasteiger partial charge in [-0.15, -0.1) is 0 Å². The van der Waals surface area contributed by atoms with Crippen LogP contribution in [-0.4, -0.2) is 17.6 Å². The summed E-state index contributed by atoms with van der Waals surface area (Å²) >= 11 is 14.2. The summed E-state index contributed by atoms with van der Waals surface area (Å²) in [6.45, 7) is 2.09. The van der Waals surface area contributed by atoms with E-state index in [2.05, 4.69) is 27.6 Å². The smallest absolute Gasteiger partial charge is 0.354 e. The Morgan fingerprint density at radius 2 is 2.12 bits per heavy atom. The Hall–Kier alpha value is -0.460. The predicted octanol–water partition coefficient (Wildman–Crippen LogP) is 4.26. The molecule has 1 aromatic heterocycles. The molecule has 2 aromatic rings. The maximum absolute atomic E-state index is 11.6. The van der Waals surface area contributed by atoms with Crippen LogP contribution in [0.2, 0.25) is 10.0 Å². The van der Waals surface area contributed by atoms with Gasteiger partial charge < -0.3 is 9.72 Å². The molecule has 0 bridgehead atoms. The lowest BCUT2D eigenvalue weighted by molar-refractivity contribution is 0.0520. The molecule has 0 aliphatic heterocycles. The molecule has 3 nitrogen and oxygen atoms in total. The van der Waals surface area contributed by atoms with Crippen molar-refractivity contribution in [3.8, 4) is 0 Å². The average molecular weight is 384 g/mol. The lowest BCUT2D eigenvalue weighted by Crippen LogP contribution is -2.04. The van der Waals surface area contributed by atoms with Crippen molar-refractivity contribution in [2.75, 3.05) is 6.61 Å². The number of aromatic amines is 1. The number of benzene rings is 1. The molecule has 0 aliphatic carbocycles. The van der Waals surface area contributed by atoms with E-state index in [0.29, 0.717) is 22.3 Å². The van der Waals surface area contributed by atoms with Crippen LogP contribution >= 0.6 is 45.8 Å². The summed E-state index contributed by atoms with van der Waals surface area (Å²) in [6, 6.07) is 3.49. The number of hydrogen-bond acceptors (Lipinski definition) is 2. The highest BCUT2D eigenvalue weighted by Crippen LogP contribution is 2.35. The number of esters is 1. The van der Waals surface area contributed by atoms with Crippen molar-refractivity contribution in [2.45, 2.75) is 6.92 Å². The van der Waals surface area contributed by atoms with E-state index in [9.17, 15) is 4.79 Å². The van der Waals surface area contributed by atoms with E-state index in [1.165, 1.54) is 0 Å². The second kappa shape index (κ2) is 5.04. The summed E-state index contributed by atoms with van der Waals surface area (Å²) in [5, 5.41) is 1.66. The molecule has 17 heavy (non-hydrogen) atoms. The first-order valence-electron chi connectivity index (χ1n) is 4.88. The Balaban J connectivity index is 2.58. The molecule has 0 aliphatic rings. The molecule has 1 heterocycles. The minimum absolute atomic E-state index is 0.334. The molecule has 0 spiro atoms. The third kappa shape index (κ3) is 2.39. The second-order valence-corrected chi connectivity index (χ2v) is 5.27. The van der Waals surface area contributed by atoms with Gasteiger partial charge in [0.15, 0.2) is 0 Å². The third-order valence-electron chi connectivity index (χ3n) is 2.25. The Kier molecular flexibility index (Phi) is 3.85. The van der Waals surface area contributed by atoms with Gasteiger partial charge >= 0.3 is 5.97 Å². The van der Waals surface area contributed by atoms with Crippen molar-refractivity contribution in [1.29, 1.82) is 0 Å². The van der Waals surface area contributed by atoms with E-state index in [-0.39, 0.29) is 0 Å². The van der Waals surface area contributed by atoms with Gasteiger partial charge in [0.1, 0.15) is 5.69 Å². The number of aromatic nitrogens is 1. The highest BCUT2D eigenvalue weighted by Gasteiger charge is 2.15. The molecule has 0 unspecified atom stereocenters. The molecule has 6 heteroatoms. The van der Waals surface area contributed by atoms with E-state index < -0.39 is 5.97 Å². The van der Waals surface area contributed by atoms with Gasteiger partial charge in [-0.25, -0.2) is 4.79 Å². The minimum atomic E-state index is -0.397. The monoisotopic (exact) mass is 383 g/mol. The van der Waals surface area contributed by atoms with E-state index in [0.717, 1.165) is 14.5 Å². The van der Waals surface area contributed by atoms with Gasteiger partial charge in [0, 0.05) is 14.5 Å². The van der Waals surface area contributed by atoms with Gasteiger partial charge in [-0.3, -0.25) is 0 Å². The van der Waals surface area contributed by atoms with Crippen molar-refractivity contribution in [3.05, 3.63) is 31.4 Å². The van der Waals surface area contributed by atoms with Gasteiger partial charge in [0.2, 0.25) is 0 Å². The van der Waals surface area contributed by atoms with Crippen molar-refractivity contribution < 1.29 is 9.53 Å². The number of H-pyrrole nitrogens is 1. The van der Waals surface area contributed by atoms with Gasteiger partial charge in [0.25, 0.3) is 0 Å². The van der Waals surface area contributed by atoms with E-state index in [4.69, 9.17) is 27.9 Å². The van der Waals surface area contributed by atoms with Crippen molar-refractivity contribution in [3.63, 3.8) is 0 Å². The zero-order chi connectivity index (χ0) is 12.6. The fourth-order valence-corrected chi connectivity index (χ4v) is 2.65. The summed E-state index contributed by atoms with van der Waals surface area (Å²) < 4.78 is 5.74. The first-order valence-corrected chi connectivity index (χ1v) is 6.71. The first-order chi connectivity index (χ1) is 8.04.